The second-order valence-corrected chi connectivity index (χ2v) is 6.92. The Hall–Kier alpha value is -3.68. The van der Waals surface area contributed by atoms with Crippen molar-refractivity contribution in [2.24, 2.45) is 5.92 Å². The lowest BCUT2D eigenvalue weighted by Gasteiger charge is -2.17. The number of hydrogen-bond donors (Lipinski definition) is 2. The first-order valence-corrected chi connectivity index (χ1v) is 9.63. The predicted molar refractivity (Wildman–Crippen MR) is 112 cm³/mol. The summed E-state index contributed by atoms with van der Waals surface area (Å²) in [7, 11) is 0. The third-order valence-electron chi connectivity index (χ3n) is 4.64. The molecule has 2 N–H and O–H groups in total. The third-order valence-corrected chi connectivity index (χ3v) is 4.64. The van der Waals surface area contributed by atoms with Crippen molar-refractivity contribution in [2.75, 3.05) is 28.7 Å². The molecule has 1 aliphatic rings. The fraction of sp³-hybridized carbons (Fsp3) is 0.273. The molecule has 1 aliphatic heterocycles. The number of carbonyl (C=O) groups is 4. The topological polar surface area (TPSA) is 105 Å². The number of hydrogen-bond acceptors (Lipinski definition) is 5. The van der Waals surface area contributed by atoms with Crippen LogP contribution in [0, 0.1) is 5.92 Å². The van der Waals surface area contributed by atoms with Gasteiger partial charge < -0.3 is 20.3 Å². The number of amides is 3. The van der Waals surface area contributed by atoms with Gasteiger partial charge in [0.1, 0.15) is 0 Å². The van der Waals surface area contributed by atoms with Crippen molar-refractivity contribution in [3.05, 3.63) is 54.1 Å². The molecule has 2 aromatic rings. The predicted octanol–water partition coefficient (Wildman–Crippen LogP) is 2.81. The van der Waals surface area contributed by atoms with Crippen LogP contribution in [0.25, 0.3) is 0 Å². The molecule has 8 nitrogen and oxygen atoms in total. The van der Waals surface area contributed by atoms with Gasteiger partial charge in [-0.15, -0.1) is 0 Å². The molecule has 3 rings (SSSR count). The number of benzene rings is 2. The zero-order valence-corrected chi connectivity index (χ0v) is 16.8. The lowest BCUT2D eigenvalue weighted by atomic mass is 10.1. The zero-order valence-electron chi connectivity index (χ0n) is 16.8. The van der Waals surface area contributed by atoms with Crippen molar-refractivity contribution < 1.29 is 23.9 Å². The highest BCUT2D eigenvalue weighted by molar-refractivity contribution is 6.04. The van der Waals surface area contributed by atoms with E-state index < -0.39 is 11.9 Å². The summed E-state index contributed by atoms with van der Waals surface area (Å²) >= 11 is 0. The normalized spacial score (nSPS) is 15.6. The summed E-state index contributed by atoms with van der Waals surface area (Å²) in [4.78, 5) is 49.6. The Balaban J connectivity index is 1.64. The minimum atomic E-state index is -0.508. The van der Waals surface area contributed by atoms with E-state index in [0.717, 1.165) is 0 Å². The summed E-state index contributed by atoms with van der Waals surface area (Å²) < 4.78 is 4.95. The van der Waals surface area contributed by atoms with Gasteiger partial charge in [-0.3, -0.25) is 14.4 Å². The lowest BCUT2D eigenvalue weighted by Crippen LogP contribution is -2.28. The van der Waals surface area contributed by atoms with E-state index in [0.29, 0.717) is 22.6 Å². The first-order chi connectivity index (χ1) is 14.4. The number of nitrogens with zero attached hydrogens (tertiary/aromatic N) is 1. The average Bonchev–Trinajstić information content (AvgIpc) is 3.10. The van der Waals surface area contributed by atoms with E-state index in [1.165, 1.54) is 11.8 Å². The molecule has 1 atom stereocenters. The van der Waals surface area contributed by atoms with Crippen LogP contribution in [0.2, 0.25) is 0 Å². The van der Waals surface area contributed by atoms with Crippen LogP contribution in [0.3, 0.4) is 0 Å². The van der Waals surface area contributed by atoms with Crippen molar-refractivity contribution in [1.29, 1.82) is 0 Å². The minimum Gasteiger partial charge on any atom is -0.462 e. The number of rotatable bonds is 6. The van der Waals surface area contributed by atoms with Gasteiger partial charge in [-0.1, -0.05) is 6.07 Å². The number of carbonyl (C=O) groups excluding carboxylic acids is 4. The van der Waals surface area contributed by atoms with Crippen LogP contribution in [0.1, 0.15) is 30.6 Å². The Morgan fingerprint density at radius 2 is 1.73 bits per heavy atom. The summed E-state index contributed by atoms with van der Waals surface area (Å²) in [6.07, 6.45) is 0.0941. The molecule has 2 aromatic carbocycles. The molecule has 0 unspecified atom stereocenters. The third kappa shape index (κ3) is 5.02. The Kier molecular flexibility index (Phi) is 6.46. The molecule has 0 bridgehead atoms. The van der Waals surface area contributed by atoms with Crippen LogP contribution >= 0.6 is 0 Å². The standard InChI is InChI=1S/C22H23N3O5/c1-3-30-22(29)15-7-9-19(10-8-15)25-13-16(11-20(25)27)21(28)24-18-6-4-5-17(12-18)23-14(2)26/h4-10,12,16H,3,11,13H2,1-2H3,(H,23,26)(H,24,28)/t16-/m1/s1. The Morgan fingerprint density at radius 3 is 2.37 bits per heavy atom. The van der Waals surface area contributed by atoms with Crippen molar-refractivity contribution in [1.82, 2.24) is 0 Å². The van der Waals surface area contributed by atoms with Crippen LogP contribution < -0.4 is 15.5 Å². The maximum atomic E-state index is 12.6. The highest BCUT2D eigenvalue weighted by Crippen LogP contribution is 2.27. The van der Waals surface area contributed by atoms with Gasteiger partial charge in [0.15, 0.2) is 0 Å². The molecule has 1 fully saturated rings. The summed E-state index contributed by atoms with van der Waals surface area (Å²) in [5.74, 6) is -1.56. The SMILES string of the molecule is CCOC(=O)c1ccc(N2C[C@H](C(=O)Nc3cccc(NC(C)=O)c3)CC2=O)cc1. The second kappa shape index (κ2) is 9.21. The minimum absolute atomic E-state index is 0.0941. The molecule has 0 spiro atoms. The van der Waals surface area contributed by atoms with E-state index in [2.05, 4.69) is 10.6 Å². The maximum Gasteiger partial charge on any atom is 0.338 e. The molecule has 0 radical (unpaired) electrons. The van der Waals surface area contributed by atoms with Crippen LogP contribution in [0.4, 0.5) is 17.1 Å². The lowest BCUT2D eigenvalue weighted by molar-refractivity contribution is -0.122. The van der Waals surface area contributed by atoms with E-state index in [-0.39, 0.29) is 37.3 Å². The van der Waals surface area contributed by atoms with Gasteiger partial charge in [-0.25, -0.2) is 4.79 Å². The van der Waals surface area contributed by atoms with Gasteiger partial charge in [0, 0.05) is 37.0 Å². The van der Waals surface area contributed by atoms with Crippen molar-refractivity contribution in [2.45, 2.75) is 20.3 Å². The van der Waals surface area contributed by atoms with E-state index in [4.69, 9.17) is 4.74 Å². The quantitative estimate of drug-likeness (QED) is 0.714. The fourth-order valence-corrected chi connectivity index (χ4v) is 3.25. The summed E-state index contributed by atoms with van der Waals surface area (Å²) in [5.41, 5.74) is 2.14. The molecule has 1 saturated heterocycles. The highest BCUT2D eigenvalue weighted by atomic mass is 16.5. The Labute approximate surface area is 174 Å². The number of nitrogens with one attached hydrogen (secondary N) is 2. The Morgan fingerprint density at radius 1 is 1.07 bits per heavy atom. The molecule has 8 heteroatoms. The number of esters is 1. The summed E-state index contributed by atoms with van der Waals surface area (Å²) in [5, 5.41) is 5.46. The van der Waals surface area contributed by atoms with E-state index in [9.17, 15) is 19.2 Å². The van der Waals surface area contributed by atoms with Gasteiger partial charge in [0.05, 0.1) is 18.1 Å². The number of anilines is 3. The first-order valence-electron chi connectivity index (χ1n) is 9.63. The zero-order chi connectivity index (χ0) is 21.7. The largest absolute Gasteiger partial charge is 0.462 e. The molecule has 156 valence electrons. The molecule has 30 heavy (non-hydrogen) atoms. The fourth-order valence-electron chi connectivity index (χ4n) is 3.25. The van der Waals surface area contributed by atoms with E-state index >= 15 is 0 Å². The molecule has 1 heterocycles. The molecule has 0 saturated carbocycles. The maximum absolute atomic E-state index is 12.6. The molecule has 3 amide bonds. The molecular formula is C22H23N3O5. The second-order valence-electron chi connectivity index (χ2n) is 6.92. The highest BCUT2D eigenvalue weighted by Gasteiger charge is 2.35. The molecule has 0 aliphatic carbocycles. The summed E-state index contributed by atoms with van der Waals surface area (Å²) in [6, 6.07) is 13.3. The molecular weight excluding hydrogens is 386 g/mol. The molecule has 0 aromatic heterocycles. The van der Waals surface area contributed by atoms with Gasteiger partial charge in [-0.2, -0.15) is 0 Å². The van der Waals surface area contributed by atoms with Gasteiger partial charge in [-0.05, 0) is 49.4 Å². The van der Waals surface area contributed by atoms with Crippen LogP contribution in [0.15, 0.2) is 48.5 Å². The van der Waals surface area contributed by atoms with Crippen molar-refractivity contribution >= 4 is 40.8 Å². The van der Waals surface area contributed by atoms with Crippen molar-refractivity contribution in [3.63, 3.8) is 0 Å². The summed E-state index contributed by atoms with van der Waals surface area (Å²) in [6.45, 7) is 3.67. The van der Waals surface area contributed by atoms with Gasteiger partial charge >= 0.3 is 5.97 Å². The Bertz CT molecular complexity index is 971. The van der Waals surface area contributed by atoms with Gasteiger partial charge in [0.25, 0.3) is 0 Å². The van der Waals surface area contributed by atoms with Gasteiger partial charge in [0.2, 0.25) is 17.7 Å². The van der Waals surface area contributed by atoms with Crippen molar-refractivity contribution in [3.8, 4) is 0 Å². The van der Waals surface area contributed by atoms with Crippen LogP contribution in [-0.4, -0.2) is 36.8 Å². The smallest absolute Gasteiger partial charge is 0.338 e. The van der Waals surface area contributed by atoms with Crippen LogP contribution in [0.5, 0.6) is 0 Å². The van der Waals surface area contributed by atoms with E-state index in [1.54, 1.807) is 55.5 Å². The monoisotopic (exact) mass is 409 g/mol. The number of ether oxygens (including phenoxy) is 1. The first kappa shape index (κ1) is 21.0. The van der Waals surface area contributed by atoms with Crippen LogP contribution in [-0.2, 0) is 19.1 Å². The van der Waals surface area contributed by atoms with E-state index in [1.807, 2.05) is 0 Å². The average molecular weight is 409 g/mol.